The Morgan fingerprint density at radius 1 is 1.59 bits per heavy atom. The maximum Gasteiger partial charge on any atom is 0.265 e. The minimum Gasteiger partial charge on any atom is -0.388 e. The number of likely N-dealkylation sites (N-methyl/N-ethyl adjacent to an activating group) is 1. The first-order valence-electron chi connectivity index (χ1n) is 5.73. The zero-order valence-electron chi connectivity index (χ0n) is 9.78. The lowest BCUT2D eigenvalue weighted by Crippen LogP contribution is -2.41. The Hall–Kier alpha value is -0.580. The number of amides is 1. The molecule has 1 aliphatic rings. The Labute approximate surface area is 110 Å². The number of hydrogen-bond donors (Lipinski definition) is 1. The topological polar surface area (TPSA) is 40.5 Å². The molecule has 1 aliphatic carbocycles. The molecule has 1 heterocycles. The summed E-state index contributed by atoms with van der Waals surface area (Å²) in [4.78, 5) is 14.2. The van der Waals surface area contributed by atoms with Crippen LogP contribution in [0.3, 0.4) is 0 Å². The lowest BCUT2D eigenvalue weighted by molar-refractivity contribution is 0.0158. The van der Waals surface area contributed by atoms with Gasteiger partial charge in [0.2, 0.25) is 0 Å². The molecule has 0 aliphatic heterocycles. The fourth-order valence-electron chi connectivity index (χ4n) is 2.32. The number of carbonyl (C=O) groups is 1. The molecule has 0 atom stereocenters. The Kier molecular flexibility index (Phi) is 3.76. The van der Waals surface area contributed by atoms with Gasteiger partial charge in [-0.2, -0.15) is 0 Å². The predicted molar refractivity (Wildman–Crippen MR) is 69.7 cm³/mol. The molecule has 94 valence electrons. The summed E-state index contributed by atoms with van der Waals surface area (Å²) in [6.45, 7) is 0.389. The number of halogens is 1. The van der Waals surface area contributed by atoms with Gasteiger partial charge in [-0.3, -0.25) is 4.79 Å². The molecule has 0 aromatic carbocycles. The van der Waals surface area contributed by atoms with Gasteiger partial charge < -0.3 is 10.0 Å². The molecule has 2 rings (SSSR count). The number of hydrogen-bond acceptors (Lipinski definition) is 3. The normalized spacial score (nSPS) is 18.3. The molecule has 1 saturated carbocycles. The van der Waals surface area contributed by atoms with Gasteiger partial charge >= 0.3 is 0 Å². The molecule has 1 aromatic rings. The first kappa shape index (κ1) is 12.9. The van der Waals surface area contributed by atoms with Gasteiger partial charge in [0.1, 0.15) is 4.88 Å². The van der Waals surface area contributed by atoms with Crippen LogP contribution in [0.2, 0.25) is 5.02 Å². The molecule has 0 spiro atoms. The quantitative estimate of drug-likeness (QED) is 0.920. The zero-order valence-corrected chi connectivity index (χ0v) is 11.4. The summed E-state index contributed by atoms with van der Waals surface area (Å²) < 4.78 is 0. The molecular weight excluding hydrogens is 258 g/mol. The van der Waals surface area contributed by atoms with Crippen LogP contribution in [0.1, 0.15) is 35.4 Å². The molecule has 1 amide bonds. The van der Waals surface area contributed by atoms with Crippen LogP contribution in [0.5, 0.6) is 0 Å². The predicted octanol–water partition coefficient (Wildman–Crippen LogP) is 2.78. The van der Waals surface area contributed by atoms with Crippen LogP contribution in [0.15, 0.2) is 11.4 Å². The van der Waals surface area contributed by atoms with Crippen molar-refractivity contribution in [3.63, 3.8) is 0 Å². The van der Waals surface area contributed by atoms with Crippen LogP contribution in [0.25, 0.3) is 0 Å². The zero-order chi connectivity index (χ0) is 12.5. The van der Waals surface area contributed by atoms with E-state index < -0.39 is 5.60 Å². The third kappa shape index (κ3) is 2.81. The summed E-state index contributed by atoms with van der Waals surface area (Å²) in [5.41, 5.74) is -0.700. The van der Waals surface area contributed by atoms with Crippen molar-refractivity contribution in [3.8, 4) is 0 Å². The summed E-state index contributed by atoms with van der Waals surface area (Å²) in [7, 11) is 1.72. The summed E-state index contributed by atoms with van der Waals surface area (Å²) >= 11 is 7.27. The van der Waals surface area contributed by atoms with E-state index in [1.54, 1.807) is 23.4 Å². The largest absolute Gasteiger partial charge is 0.388 e. The highest BCUT2D eigenvalue weighted by Crippen LogP contribution is 2.31. The number of aliphatic hydroxyl groups is 1. The third-order valence-electron chi connectivity index (χ3n) is 3.22. The number of nitrogens with zero attached hydrogens (tertiary/aromatic N) is 1. The molecule has 0 bridgehead atoms. The second kappa shape index (κ2) is 4.96. The van der Waals surface area contributed by atoms with E-state index in [-0.39, 0.29) is 5.91 Å². The summed E-state index contributed by atoms with van der Waals surface area (Å²) in [6.07, 6.45) is 3.64. The van der Waals surface area contributed by atoms with Crippen molar-refractivity contribution in [2.24, 2.45) is 0 Å². The summed E-state index contributed by atoms with van der Waals surface area (Å²) in [6, 6.07) is 1.72. The fourth-order valence-corrected chi connectivity index (χ4v) is 3.45. The number of thiophene rings is 1. The molecule has 5 heteroatoms. The third-order valence-corrected chi connectivity index (χ3v) is 4.55. The Balaban J connectivity index is 2.03. The van der Waals surface area contributed by atoms with Crippen molar-refractivity contribution in [1.82, 2.24) is 4.90 Å². The molecule has 0 unspecified atom stereocenters. The van der Waals surface area contributed by atoms with Crippen LogP contribution in [-0.4, -0.2) is 35.1 Å². The van der Waals surface area contributed by atoms with E-state index >= 15 is 0 Å². The molecule has 1 fully saturated rings. The van der Waals surface area contributed by atoms with Crippen LogP contribution < -0.4 is 0 Å². The second-order valence-corrected chi connectivity index (χ2v) is 6.01. The highest BCUT2D eigenvalue weighted by Gasteiger charge is 2.34. The van der Waals surface area contributed by atoms with E-state index in [1.807, 2.05) is 0 Å². The summed E-state index contributed by atoms with van der Waals surface area (Å²) in [5.74, 6) is -0.106. The van der Waals surface area contributed by atoms with Gasteiger partial charge in [-0.1, -0.05) is 24.4 Å². The van der Waals surface area contributed by atoms with Crippen molar-refractivity contribution in [2.75, 3.05) is 13.6 Å². The fraction of sp³-hybridized carbons (Fsp3) is 0.583. The Bertz CT molecular complexity index is 412. The lowest BCUT2D eigenvalue weighted by atomic mass is 10.0. The van der Waals surface area contributed by atoms with Crippen molar-refractivity contribution in [2.45, 2.75) is 31.3 Å². The van der Waals surface area contributed by atoms with Gasteiger partial charge in [-0.25, -0.2) is 0 Å². The van der Waals surface area contributed by atoms with Crippen molar-refractivity contribution < 1.29 is 9.90 Å². The minimum atomic E-state index is -0.700. The Morgan fingerprint density at radius 3 is 2.76 bits per heavy atom. The first-order chi connectivity index (χ1) is 8.02. The van der Waals surface area contributed by atoms with Gasteiger partial charge in [0.25, 0.3) is 5.91 Å². The second-order valence-electron chi connectivity index (χ2n) is 4.69. The van der Waals surface area contributed by atoms with Crippen molar-refractivity contribution in [3.05, 3.63) is 21.3 Å². The molecule has 0 saturated heterocycles. The highest BCUT2D eigenvalue weighted by atomic mass is 35.5. The highest BCUT2D eigenvalue weighted by molar-refractivity contribution is 7.12. The van der Waals surface area contributed by atoms with E-state index in [9.17, 15) is 9.90 Å². The molecule has 17 heavy (non-hydrogen) atoms. The van der Waals surface area contributed by atoms with Gasteiger partial charge in [-0.15, -0.1) is 11.3 Å². The average Bonchev–Trinajstić information content (AvgIpc) is 2.86. The monoisotopic (exact) mass is 273 g/mol. The maximum atomic E-state index is 12.1. The molecular formula is C12H16ClNO2S. The lowest BCUT2D eigenvalue weighted by Gasteiger charge is -2.28. The number of carbonyl (C=O) groups excluding carboxylic acids is 1. The van der Waals surface area contributed by atoms with Crippen LogP contribution in [0.4, 0.5) is 0 Å². The van der Waals surface area contributed by atoms with Gasteiger partial charge in [-0.05, 0) is 24.3 Å². The molecule has 1 aromatic heterocycles. The van der Waals surface area contributed by atoms with Crippen LogP contribution in [0, 0.1) is 0 Å². The number of rotatable bonds is 3. The summed E-state index contributed by atoms with van der Waals surface area (Å²) in [5, 5.41) is 12.5. The Morgan fingerprint density at radius 2 is 2.24 bits per heavy atom. The van der Waals surface area contributed by atoms with Crippen LogP contribution in [-0.2, 0) is 0 Å². The van der Waals surface area contributed by atoms with Crippen LogP contribution >= 0.6 is 22.9 Å². The van der Waals surface area contributed by atoms with Crippen molar-refractivity contribution in [1.29, 1.82) is 0 Å². The smallest absolute Gasteiger partial charge is 0.265 e. The van der Waals surface area contributed by atoms with Gasteiger partial charge in [0.15, 0.2) is 0 Å². The average molecular weight is 274 g/mol. The van der Waals surface area contributed by atoms with Gasteiger partial charge in [0, 0.05) is 13.6 Å². The first-order valence-corrected chi connectivity index (χ1v) is 6.98. The SMILES string of the molecule is CN(CC1(O)CCCC1)C(=O)c1sccc1Cl. The molecule has 1 N–H and O–H groups in total. The van der Waals surface area contributed by atoms with E-state index in [1.165, 1.54) is 11.3 Å². The van der Waals surface area contributed by atoms with E-state index in [0.29, 0.717) is 16.4 Å². The van der Waals surface area contributed by atoms with E-state index in [4.69, 9.17) is 11.6 Å². The minimum absolute atomic E-state index is 0.106. The van der Waals surface area contributed by atoms with E-state index in [0.717, 1.165) is 25.7 Å². The van der Waals surface area contributed by atoms with E-state index in [2.05, 4.69) is 0 Å². The molecule has 3 nitrogen and oxygen atoms in total. The molecule has 0 radical (unpaired) electrons. The van der Waals surface area contributed by atoms with Crippen molar-refractivity contribution >= 4 is 28.8 Å². The van der Waals surface area contributed by atoms with Gasteiger partial charge in [0.05, 0.1) is 10.6 Å². The maximum absolute atomic E-state index is 12.1. The standard InChI is InChI=1S/C12H16ClNO2S/c1-14(8-12(16)5-2-3-6-12)11(15)10-9(13)4-7-17-10/h4,7,16H,2-3,5-6,8H2,1H3.